The molecule has 0 saturated carbocycles. The zero-order valence-electron chi connectivity index (χ0n) is 17.4. The quantitative estimate of drug-likeness (QED) is 0.461. The van der Waals surface area contributed by atoms with Gasteiger partial charge >= 0.3 is 0 Å². The number of pyridine rings is 4. The summed E-state index contributed by atoms with van der Waals surface area (Å²) in [4.78, 5) is 29.9. The van der Waals surface area contributed by atoms with E-state index in [1.807, 2.05) is 30.3 Å². The predicted octanol–water partition coefficient (Wildman–Crippen LogP) is 2.46. The van der Waals surface area contributed by atoms with Crippen LogP contribution in [0.3, 0.4) is 0 Å². The molecule has 0 aliphatic carbocycles. The molecule has 10 heteroatoms. The summed E-state index contributed by atoms with van der Waals surface area (Å²) in [5.41, 5.74) is 2.95. The Kier molecular flexibility index (Phi) is 5.78. The summed E-state index contributed by atoms with van der Waals surface area (Å²) >= 11 is 0. The van der Waals surface area contributed by atoms with Crippen molar-refractivity contribution in [3.63, 3.8) is 0 Å². The van der Waals surface area contributed by atoms with Crippen LogP contribution in [-0.4, -0.2) is 47.6 Å². The van der Waals surface area contributed by atoms with Gasteiger partial charge in [0.25, 0.3) is 5.91 Å². The minimum atomic E-state index is -3.45. The lowest BCUT2D eigenvalue weighted by Gasteiger charge is -2.08. The molecule has 0 unspecified atom stereocenters. The van der Waals surface area contributed by atoms with Gasteiger partial charge in [0, 0.05) is 37.3 Å². The Bertz CT molecular complexity index is 1420. The van der Waals surface area contributed by atoms with E-state index in [9.17, 15) is 13.2 Å². The minimum Gasteiger partial charge on any atom is -0.373 e. The average molecular weight is 449 g/mol. The van der Waals surface area contributed by atoms with Gasteiger partial charge in [-0.1, -0.05) is 6.07 Å². The first-order valence-electron chi connectivity index (χ1n) is 9.67. The number of nitrogens with one attached hydrogen (secondary N) is 2. The Balaban J connectivity index is 1.54. The summed E-state index contributed by atoms with van der Waals surface area (Å²) in [6.45, 7) is 0.150. The summed E-state index contributed by atoms with van der Waals surface area (Å²) in [6.07, 6.45) is 5.28. The maximum absolute atomic E-state index is 12.5. The van der Waals surface area contributed by atoms with Crippen LogP contribution in [0.2, 0.25) is 0 Å². The molecule has 0 spiro atoms. The first-order valence-corrected chi connectivity index (χ1v) is 11.6. The van der Waals surface area contributed by atoms with Gasteiger partial charge in [0.2, 0.25) is 0 Å². The molecule has 4 aromatic heterocycles. The van der Waals surface area contributed by atoms with Crippen molar-refractivity contribution in [2.75, 3.05) is 18.6 Å². The zero-order valence-corrected chi connectivity index (χ0v) is 18.2. The second-order valence-electron chi connectivity index (χ2n) is 7.09. The molecule has 162 valence electrons. The maximum atomic E-state index is 12.5. The molecule has 0 fully saturated rings. The number of fused-ring (bicyclic) bond motifs is 1. The minimum absolute atomic E-state index is 0.0124. The van der Waals surface area contributed by atoms with Crippen LogP contribution in [0.4, 0.5) is 5.82 Å². The van der Waals surface area contributed by atoms with Crippen molar-refractivity contribution in [3.05, 3.63) is 72.3 Å². The van der Waals surface area contributed by atoms with E-state index < -0.39 is 15.7 Å². The van der Waals surface area contributed by atoms with Gasteiger partial charge in [-0.2, -0.15) is 0 Å². The van der Waals surface area contributed by atoms with Crippen molar-refractivity contribution in [1.29, 1.82) is 0 Å². The molecule has 32 heavy (non-hydrogen) atoms. The van der Waals surface area contributed by atoms with E-state index in [2.05, 4.69) is 30.6 Å². The molecule has 1 amide bonds. The molecule has 2 N–H and O–H groups in total. The van der Waals surface area contributed by atoms with Crippen LogP contribution in [0.5, 0.6) is 0 Å². The van der Waals surface area contributed by atoms with Gasteiger partial charge in [0.1, 0.15) is 5.82 Å². The number of carbonyl (C=O) groups excluding carboxylic acids is 1. The molecule has 0 saturated heterocycles. The maximum Gasteiger partial charge on any atom is 0.253 e. The average Bonchev–Trinajstić information content (AvgIpc) is 2.81. The van der Waals surface area contributed by atoms with Gasteiger partial charge in [0.05, 0.1) is 39.6 Å². The molecule has 0 aliphatic heterocycles. The molecule has 4 rings (SSSR count). The Morgan fingerprint density at radius 3 is 2.59 bits per heavy atom. The number of aromatic nitrogens is 4. The lowest BCUT2D eigenvalue weighted by Crippen LogP contribution is -2.23. The number of hydrogen-bond acceptors (Lipinski definition) is 8. The van der Waals surface area contributed by atoms with E-state index in [1.54, 1.807) is 19.3 Å². The molecule has 0 aliphatic rings. The summed E-state index contributed by atoms with van der Waals surface area (Å²) < 4.78 is 23.4. The fourth-order valence-electron chi connectivity index (χ4n) is 3.03. The van der Waals surface area contributed by atoms with Crippen LogP contribution < -0.4 is 10.6 Å². The van der Waals surface area contributed by atoms with Crippen LogP contribution >= 0.6 is 0 Å². The number of sulfone groups is 1. The molecule has 0 radical (unpaired) electrons. The van der Waals surface area contributed by atoms with Crippen molar-refractivity contribution in [3.8, 4) is 11.4 Å². The number of anilines is 1. The molecular weight excluding hydrogens is 428 g/mol. The highest BCUT2D eigenvalue weighted by Crippen LogP contribution is 2.21. The fourth-order valence-corrected chi connectivity index (χ4v) is 3.63. The van der Waals surface area contributed by atoms with E-state index in [1.165, 1.54) is 18.5 Å². The smallest absolute Gasteiger partial charge is 0.253 e. The van der Waals surface area contributed by atoms with Crippen LogP contribution in [-0.2, 0) is 16.4 Å². The first-order chi connectivity index (χ1) is 15.3. The third kappa shape index (κ3) is 4.70. The summed E-state index contributed by atoms with van der Waals surface area (Å²) in [5, 5.41) is 6.60. The van der Waals surface area contributed by atoms with Gasteiger partial charge in [-0.15, -0.1) is 0 Å². The molecule has 4 heterocycles. The third-order valence-electron chi connectivity index (χ3n) is 4.73. The Labute approximate surface area is 184 Å². The monoisotopic (exact) mass is 448 g/mol. The van der Waals surface area contributed by atoms with Gasteiger partial charge in [-0.25, -0.2) is 18.4 Å². The first kappa shape index (κ1) is 21.3. The van der Waals surface area contributed by atoms with Gasteiger partial charge < -0.3 is 10.6 Å². The molecular formula is C22H20N6O3S. The van der Waals surface area contributed by atoms with Crippen molar-refractivity contribution in [2.24, 2.45) is 0 Å². The molecule has 0 atom stereocenters. The van der Waals surface area contributed by atoms with Gasteiger partial charge in [0.15, 0.2) is 9.84 Å². The number of rotatable bonds is 6. The zero-order chi connectivity index (χ0) is 22.7. The van der Waals surface area contributed by atoms with Gasteiger partial charge in [-0.05, 0) is 36.4 Å². The van der Waals surface area contributed by atoms with E-state index in [0.717, 1.165) is 34.4 Å². The number of amides is 1. The number of hydrogen-bond donors (Lipinski definition) is 2. The van der Waals surface area contributed by atoms with Crippen molar-refractivity contribution >= 4 is 32.5 Å². The van der Waals surface area contributed by atoms with E-state index in [0.29, 0.717) is 5.69 Å². The normalized spacial score (nSPS) is 11.3. The van der Waals surface area contributed by atoms with Crippen LogP contribution in [0.25, 0.3) is 22.3 Å². The standard InChI is InChI=1S/C22H20N6O3S/c1-23-21-5-3-4-18(28-21)19-7-6-14-11-25-16(9-20(14)27-19)12-26-22(29)15-8-17(13-24-10-15)32(2,30)31/h3-11,13H,12H2,1-2H3,(H,23,28)(H,26,29). The van der Waals surface area contributed by atoms with Crippen molar-refractivity contribution in [1.82, 2.24) is 25.3 Å². The Hall–Kier alpha value is -3.92. The SMILES string of the molecule is CNc1cccc(-c2ccc3cnc(CNC(=O)c4cncc(S(C)(=O)=O)c4)cc3n2)n1. The molecule has 9 nitrogen and oxygen atoms in total. The van der Waals surface area contributed by atoms with E-state index in [4.69, 9.17) is 0 Å². The third-order valence-corrected chi connectivity index (χ3v) is 5.81. The largest absolute Gasteiger partial charge is 0.373 e. The summed E-state index contributed by atoms with van der Waals surface area (Å²) in [5.74, 6) is 0.302. The number of nitrogens with zero attached hydrogens (tertiary/aromatic N) is 4. The lowest BCUT2D eigenvalue weighted by atomic mass is 10.2. The summed E-state index contributed by atoms with van der Waals surface area (Å²) in [7, 11) is -1.65. The topological polar surface area (TPSA) is 127 Å². The molecule has 4 aromatic rings. The van der Waals surface area contributed by atoms with Crippen LogP contribution in [0.1, 0.15) is 16.1 Å². The van der Waals surface area contributed by atoms with Crippen LogP contribution in [0, 0.1) is 0 Å². The molecule has 0 aromatic carbocycles. The summed E-state index contributed by atoms with van der Waals surface area (Å²) in [6, 6.07) is 12.6. The second-order valence-corrected chi connectivity index (χ2v) is 9.10. The lowest BCUT2D eigenvalue weighted by molar-refractivity contribution is 0.0950. The van der Waals surface area contributed by atoms with Crippen molar-refractivity contribution in [2.45, 2.75) is 11.4 Å². The highest BCUT2D eigenvalue weighted by atomic mass is 32.2. The number of carbonyl (C=O) groups is 1. The molecule has 0 bridgehead atoms. The fraction of sp³-hybridized carbons (Fsp3) is 0.136. The van der Waals surface area contributed by atoms with E-state index in [-0.39, 0.29) is 17.0 Å². The van der Waals surface area contributed by atoms with E-state index >= 15 is 0 Å². The van der Waals surface area contributed by atoms with Crippen LogP contribution in [0.15, 0.2) is 66.0 Å². The predicted molar refractivity (Wildman–Crippen MR) is 121 cm³/mol. The van der Waals surface area contributed by atoms with Gasteiger partial charge in [-0.3, -0.25) is 14.8 Å². The Morgan fingerprint density at radius 2 is 1.81 bits per heavy atom. The second kappa shape index (κ2) is 8.67. The highest BCUT2D eigenvalue weighted by molar-refractivity contribution is 7.90. The van der Waals surface area contributed by atoms with Crippen molar-refractivity contribution < 1.29 is 13.2 Å². The Morgan fingerprint density at radius 1 is 1.00 bits per heavy atom. The highest BCUT2D eigenvalue weighted by Gasteiger charge is 2.13.